The molecule has 0 radical (unpaired) electrons. The highest BCUT2D eigenvalue weighted by molar-refractivity contribution is 6.06. The molecule has 0 unspecified atom stereocenters. The summed E-state index contributed by atoms with van der Waals surface area (Å²) in [7, 11) is 1.59. The Hall–Kier alpha value is -2.90. The van der Waals surface area contributed by atoms with Crippen LogP contribution in [0.3, 0.4) is 0 Å². The number of carbonyl (C=O) groups is 1. The van der Waals surface area contributed by atoms with Crippen LogP contribution in [0.1, 0.15) is 54.8 Å². The molecular formula is C17H20N6O2. The summed E-state index contributed by atoms with van der Waals surface area (Å²) in [5.74, 6) is 1.01. The summed E-state index contributed by atoms with van der Waals surface area (Å²) in [4.78, 5) is 16.7. The fraction of sp³-hybridized carbons (Fsp3) is 0.412. The highest BCUT2D eigenvalue weighted by Crippen LogP contribution is 2.44. The molecule has 0 spiro atoms. The number of pyridine rings is 1. The van der Waals surface area contributed by atoms with E-state index in [0.29, 0.717) is 33.9 Å². The van der Waals surface area contributed by atoms with E-state index < -0.39 is 0 Å². The van der Waals surface area contributed by atoms with Crippen molar-refractivity contribution in [2.75, 3.05) is 12.8 Å². The highest BCUT2D eigenvalue weighted by atomic mass is 16.5. The predicted molar refractivity (Wildman–Crippen MR) is 93.2 cm³/mol. The lowest BCUT2D eigenvalue weighted by atomic mass is 10.1. The molecule has 1 aliphatic carbocycles. The van der Waals surface area contributed by atoms with Gasteiger partial charge in [0.05, 0.1) is 10.9 Å². The molecule has 8 heteroatoms. The van der Waals surface area contributed by atoms with Gasteiger partial charge in [-0.1, -0.05) is 5.16 Å². The zero-order chi connectivity index (χ0) is 17.7. The minimum absolute atomic E-state index is 0.122. The number of nitrogens with zero attached hydrogens (tertiary/aromatic N) is 4. The highest BCUT2D eigenvalue weighted by Gasteiger charge is 2.36. The lowest BCUT2D eigenvalue weighted by Crippen LogP contribution is -2.19. The maximum absolute atomic E-state index is 12.5. The summed E-state index contributed by atoms with van der Waals surface area (Å²) < 4.78 is 7.40. The van der Waals surface area contributed by atoms with Gasteiger partial charge in [0.1, 0.15) is 22.8 Å². The number of anilines is 1. The number of nitrogens with one attached hydrogen (secondary N) is 1. The summed E-state index contributed by atoms with van der Waals surface area (Å²) in [5, 5.41) is 12.2. The number of aromatic nitrogens is 4. The van der Waals surface area contributed by atoms with Crippen molar-refractivity contribution in [2.45, 2.75) is 38.6 Å². The van der Waals surface area contributed by atoms with E-state index >= 15 is 0 Å². The molecule has 3 aromatic rings. The van der Waals surface area contributed by atoms with Crippen molar-refractivity contribution in [3.05, 3.63) is 23.6 Å². The summed E-state index contributed by atoms with van der Waals surface area (Å²) in [6, 6.07) is 1.99. The number of fused-ring (bicyclic) bond motifs is 1. The Morgan fingerprint density at radius 2 is 2.16 bits per heavy atom. The van der Waals surface area contributed by atoms with Crippen molar-refractivity contribution >= 4 is 22.6 Å². The Kier molecular flexibility index (Phi) is 3.48. The van der Waals surface area contributed by atoms with E-state index in [1.54, 1.807) is 13.2 Å². The molecule has 4 rings (SSSR count). The molecule has 0 saturated heterocycles. The second-order valence-corrected chi connectivity index (χ2v) is 6.60. The van der Waals surface area contributed by atoms with Crippen LogP contribution >= 0.6 is 0 Å². The van der Waals surface area contributed by atoms with E-state index in [4.69, 9.17) is 10.3 Å². The number of nitrogens with two attached hydrogens (primary N) is 1. The Morgan fingerprint density at radius 3 is 2.80 bits per heavy atom. The van der Waals surface area contributed by atoms with Crippen molar-refractivity contribution in [3.8, 4) is 11.4 Å². The summed E-state index contributed by atoms with van der Waals surface area (Å²) in [5.41, 5.74) is 8.38. The minimum Gasteiger partial charge on any atom is -0.383 e. The molecule has 1 aliphatic rings. The van der Waals surface area contributed by atoms with Crippen molar-refractivity contribution in [3.63, 3.8) is 0 Å². The van der Waals surface area contributed by atoms with Crippen molar-refractivity contribution in [1.82, 2.24) is 25.2 Å². The molecule has 3 N–H and O–H groups in total. The zero-order valence-electron chi connectivity index (χ0n) is 14.4. The average Bonchev–Trinajstić information content (AvgIpc) is 3.21. The van der Waals surface area contributed by atoms with E-state index in [9.17, 15) is 4.79 Å². The first-order valence-electron chi connectivity index (χ1n) is 8.37. The number of hydrogen-bond donors (Lipinski definition) is 2. The maximum Gasteiger partial charge on any atom is 0.257 e. The number of rotatable bonds is 4. The largest absolute Gasteiger partial charge is 0.383 e. The van der Waals surface area contributed by atoms with Gasteiger partial charge in [-0.2, -0.15) is 5.10 Å². The van der Waals surface area contributed by atoms with Gasteiger partial charge in [-0.25, -0.2) is 4.98 Å². The summed E-state index contributed by atoms with van der Waals surface area (Å²) >= 11 is 0. The summed E-state index contributed by atoms with van der Waals surface area (Å²) in [6.07, 6.45) is 3.66. The molecule has 3 heterocycles. The molecule has 0 bridgehead atoms. The second-order valence-electron chi connectivity index (χ2n) is 6.60. The van der Waals surface area contributed by atoms with Gasteiger partial charge in [-0.15, -0.1) is 0 Å². The molecule has 1 fully saturated rings. The normalized spacial score (nSPS) is 14.4. The predicted octanol–water partition coefficient (Wildman–Crippen LogP) is 2.49. The first-order valence-corrected chi connectivity index (χ1v) is 8.37. The number of nitrogen functional groups attached to an aromatic ring is 1. The Balaban J connectivity index is 2.01. The van der Waals surface area contributed by atoms with Gasteiger partial charge in [0.15, 0.2) is 5.76 Å². The second kappa shape index (κ2) is 5.58. The molecule has 0 aliphatic heterocycles. The lowest BCUT2D eigenvalue weighted by molar-refractivity contribution is 0.0961. The number of hydrogen-bond acceptors (Lipinski definition) is 6. The van der Waals surface area contributed by atoms with Gasteiger partial charge in [-0.3, -0.25) is 9.48 Å². The van der Waals surface area contributed by atoms with Crippen LogP contribution in [0.5, 0.6) is 0 Å². The van der Waals surface area contributed by atoms with Crippen LogP contribution in [-0.4, -0.2) is 32.9 Å². The first kappa shape index (κ1) is 15.6. The van der Waals surface area contributed by atoms with Gasteiger partial charge in [0.25, 0.3) is 5.91 Å². The minimum atomic E-state index is -0.229. The van der Waals surface area contributed by atoms with E-state index in [1.165, 1.54) is 0 Å². The summed E-state index contributed by atoms with van der Waals surface area (Å²) in [6.45, 7) is 4.07. The van der Waals surface area contributed by atoms with Crippen LogP contribution in [-0.2, 0) is 0 Å². The molecule has 8 nitrogen and oxygen atoms in total. The lowest BCUT2D eigenvalue weighted by Gasteiger charge is -2.06. The number of carbonyl (C=O) groups excluding carboxylic acids is 1. The molecular weight excluding hydrogens is 320 g/mol. The molecule has 25 heavy (non-hydrogen) atoms. The smallest absolute Gasteiger partial charge is 0.257 e. The third kappa shape index (κ3) is 2.36. The van der Waals surface area contributed by atoms with Crippen LogP contribution in [0.4, 0.5) is 5.82 Å². The fourth-order valence-corrected chi connectivity index (χ4v) is 3.10. The van der Waals surface area contributed by atoms with Crippen molar-refractivity contribution in [2.24, 2.45) is 0 Å². The maximum atomic E-state index is 12.5. The average molecular weight is 340 g/mol. The SMILES string of the molecule is CNC(=O)c1c(-c2nn(C(C)C)c3ccnc(N)c23)noc1C1CC1. The van der Waals surface area contributed by atoms with Crippen LogP contribution in [0.25, 0.3) is 22.3 Å². The topological polar surface area (TPSA) is 112 Å². The Morgan fingerprint density at radius 1 is 1.40 bits per heavy atom. The van der Waals surface area contributed by atoms with E-state index in [2.05, 4.69) is 20.6 Å². The zero-order valence-corrected chi connectivity index (χ0v) is 14.4. The van der Waals surface area contributed by atoms with Gasteiger partial charge in [0.2, 0.25) is 0 Å². The van der Waals surface area contributed by atoms with Crippen molar-refractivity contribution in [1.29, 1.82) is 0 Å². The molecule has 0 aromatic carbocycles. The standard InChI is InChI=1S/C17H20N6O2/c1-8(2)23-10-6-7-20-16(18)11(10)13(21-23)14-12(17(24)19-3)15(25-22-14)9-4-5-9/h6-9H,4-5H2,1-3H3,(H2,18,20)(H,19,24). The third-order valence-corrected chi connectivity index (χ3v) is 4.48. The van der Waals surface area contributed by atoms with E-state index in [-0.39, 0.29) is 17.9 Å². The van der Waals surface area contributed by atoms with Gasteiger partial charge < -0.3 is 15.6 Å². The van der Waals surface area contributed by atoms with Crippen LogP contribution in [0.15, 0.2) is 16.8 Å². The van der Waals surface area contributed by atoms with Crippen molar-refractivity contribution < 1.29 is 9.32 Å². The van der Waals surface area contributed by atoms with Crippen LogP contribution in [0.2, 0.25) is 0 Å². The van der Waals surface area contributed by atoms with E-state index in [0.717, 1.165) is 18.4 Å². The third-order valence-electron chi connectivity index (χ3n) is 4.48. The fourth-order valence-electron chi connectivity index (χ4n) is 3.10. The molecule has 1 amide bonds. The molecule has 130 valence electrons. The molecule has 3 aromatic heterocycles. The quantitative estimate of drug-likeness (QED) is 0.754. The number of amides is 1. The Labute approximate surface area is 144 Å². The van der Waals surface area contributed by atoms with Gasteiger partial charge in [0, 0.05) is 25.2 Å². The van der Waals surface area contributed by atoms with Crippen LogP contribution in [0, 0.1) is 0 Å². The Bertz CT molecular complexity index is 967. The van der Waals surface area contributed by atoms with Gasteiger partial charge >= 0.3 is 0 Å². The van der Waals surface area contributed by atoms with Crippen LogP contribution < -0.4 is 11.1 Å². The monoisotopic (exact) mass is 340 g/mol. The molecule has 1 saturated carbocycles. The van der Waals surface area contributed by atoms with E-state index in [1.807, 2.05) is 24.6 Å². The molecule has 0 atom stereocenters. The first-order chi connectivity index (χ1) is 12.0. The van der Waals surface area contributed by atoms with Gasteiger partial charge in [-0.05, 0) is 32.8 Å².